The minimum atomic E-state index is -5.79. The van der Waals surface area contributed by atoms with E-state index in [0.717, 1.165) is 11.1 Å². The van der Waals surface area contributed by atoms with Crippen LogP contribution in [-0.4, -0.2) is 43.3 Å². The molecule has 0 spiro atoms. The summed E-state index contributed by atoms with van der Waals surface area (Å²) in [6.45, 7) is 1.23. The van der Waals surface area contributed by atoms with Gasteiger partial charge in [-0.25, -0.2) is 0 Å². The van der Waals surface area contributed by atoms with E-state index in [9.17, 15) is 31.1 Å². The quantitative estimate of drug-likeness (QED) is 0.674. The van der Waals surface area contributed by atoms with Gasteiger partial charge in [-0.05, 0) is 34.7 Å². The standard InChI is InChI=1S/C22H19F6NO3/c1-2-29-19(30)18-16-8-4-3-7-14(16)15-9-5-6-12(17(15)18)10-13-11-31-20(32-13,21(23,24)25)22(26,27)28/h3-9,13,18H,2,10-11H2,1H3,(H,29,30). The van der Waals surface area contributed by atoms with E-state index >= 15 is 0 Å². The lowest BCUT2D eigenvalue weighted by Crippen LogP contribution is -2.58. The lowest BCUT2D eigenvalue weighted by Gasteiger charge is -2.31. The van der Waals surface area contributed by atoms with E-state index in [1.165, 1.54) is 0 Å². The Morgan fingerprint density at radius 1 is 1.03 bits per heavy atom. The third-order valence-electron chi connectivity index (χ3n) is 5.66. The van der Waals surface area contributed by atoms with Gasteiger partial charge in [0.15, 0.2) is 0 Å². The average molecular weight is 459 g/mol. The zero-order valence-electron chi connectivity index (χ0n) is 16.8. The number of hydrogen-bond acceptors (Lipinski definition) is 3. The molecule has 1 fully saturated rings. The van der Waals surface area contributed by atoms with Gasteiger partial charge in [0.25, 0.3) is 0 Å². The van der Waals surface area contributed by atoms with Crippen molar-refractivity contribution in [1.82, 2.24) is 5.32 Å². The maximum absolute atomic E-state index is 13.3. The fraction of sp³-hybridized carbons (Fsp3) is 0.409. The highest BCUT2D eigenvalue weighted by Crippen LogP contribution is 2.51. The van der Waals surface area contributed by atoms with Crippen LogP contribution in [0.1, 0.15) is 29.5 Å². The summed E-state index contributed by atoms with van der Waals surface area (Å²) in [5.41, 5.74) is 3.23. The van der Waals surface area contributed by atoms with Crippen molar-refractivity contribution in [2.45, 2.75) is 43.5 Å². The molecule has 2 atom stereocenters. The number of fused-ring (bicyclic) bond motifs is 3. The van der Waals surface area contributed by atoms with Crippen LogP contribution in [0.3, 0.4) is 0 Å². The van der Waals surface area contributed by atoms with Crippen molar-refractivity contribution in [3.63, 3.8) is 0 Å². The van der Waals surface area contributed by atoms with Crippen LogP contribution in [0, 0.1) is 0 Å². The minimum absolute atomic E-state index is 0.277. The Kier molecular flexibility index (Phi) is 5.49. The molecule has 1 aliphatic carbocycles. The molecule has 32 heavy (non-hydrogen) atoms. The predicted molar refractivity (Wildman–Crippen MR) is 102 cm³/mol. The van der Waals surface area contributed by atoms with Gasteiger partial charge in [0, 0.05) is 13.0 Å². The van der Waals surface area contributed by atoms with Gasteiger partial charge in [-0.15, -0.1) is 0 Å². The number of ether oxygens (including phenoxy) is 2. The van der Waals surface area contributed by atoms with Crippen LogP contribution in [0.25, 0.3) is 11.1 Å². The molecule has 2 aliphatic rings. The molecular weight excluding hydrogens is 440 g/mol. The Morgan fingerprint density at radius 2 is 1.69 bits per heavy atom. The van der Waals surface area contributed by atoms with Crippen LogP contribution in [0.5, 0.6) is 0 Å². The van der Waals surface area contributed by atoms with Gasteiger partial charge in [-0.1, -0.05) is 42.5 Å². The molecule has 1 amide bonds. The van der Waals surface area contributed by atoms with Crippen molar-refractivity contribution in [2.24, 2.45) is 0 Å². The second-order valence-corrected chi connectivity index (χ2v) is 7.66. The first kappa shape index (κ1) is 22.6. The second kappa shape index (κ2) is 7.77. The second-order valence-electron chi connectivity index (χ2n) is 7.66. The van der Waals surface area contributed by atoms with E-state index < -0.39 is 36.8 Å². The van der Waals surface area contributed by atoms with Crippen LogP contribution in [0.2, 0.25) is 0 Å². The maximum atomic E-state index is 13.3. The van der Waals surface area contributed by atoms with Gasteiger partial charge in [0.2, 0.25) is 5.91 Å². The summed E-state index contributed by atoms with van der Waals surface area (Å²) < 4.78 is 88.2. The van der Waals surface area contributed by atoms with Gasteiger partial charge in [0.05, 0.1) is 18.6 Å². The smallest absolute Gasteiger partial charge is 0.356 e. The molecule has 0 aromatic heterocycles. The number of carbonyl (C=O) groups is 1. The van der Waals surface area contributed by atoms with E-state index in [1.54, 1.807) is 43.3 Å². The summed E-state index contributed by atoms with van der Waals surface area (Å²) in [6, 6.07) is 12.2. The van der Waals surface area contributed by atoms with Crippen molar-refractivity contribution in [3.05, 3.63) is 59.2 Å². The highest BCUT2D eigenvalue weighted by atomic mass is 19.4. The third-order valence-corrected chi connectivity index (χ3v) is 5.66. The van der Waals surface area contributed by atoms with Crippen LogP contribution >= 0.6 is 0 Å². The van der Waals surface area contributed by atoms with Gasteiger partial charge in [-0.2, -0.15) is 26.3 Å². The van der Waals surface area contributed by atoms with Crippen LogP contribution in [-0.2, 0) is 20.7 Å². The van der Waals surface area contributed by atoms with Crippen molar-refractivity contribution in [3.8, 4) is 11.1 Å². The summed E-state index contributed by atoms with van der Waals surface area (Å²) in [6.07, 6.45) is -13.4. The molecule has 2 unspecified atom stereocenters. The van der Waals surface area contributed by atoms with Crippen molar-refractivity contribution >= 4 is 5.91 Å². The monoisotopic (exact) mass is 459 g/mol. The molecule has 4 nitrogen and oxygen atoms in total. The summed E-state index contributed by atoms with van der Waals surface area (Å²) in [5.74, 6) is -5.69. The number of nitrogens with one attached hydrogen (secondary N) is 1. The first-order valence-corrected chi connectivity index (χ1v) is 9.94. The summed E-state index contributed by atoms with van der Waals surface area (Å²) >= 11 is 0. The van der Waals surface area contributed by atoms with Crippen LogP contribution in [0.15, 0.2) is 42.5 Å². The number of amides is 1. The van der Waals surface area contributed by atoms with Gasteiger partial charge in [0.1, 0.15) is 0 Å². The number of likely N-dealkylation sites (N-methyl/N-ethyl adjacent to an activating group) is 1. The van der Waals surface area contributed by atoms with E-state index in [4.69, 9.17) is 0 Å². The highest BCUT2D eigenvalue weighted by Gasteiger charge is 2.77. The molecule has 1 aliphatic heterocycles. The highest BCUT2D eigenvalue weighted by molar-refractivity contribution is 5.96. The zero-order chi connectivity index (χ0) is 23.3. The van der Waals surface area contributed by atoms with Gasteiger partial charge >= 0.3 is 18.1 Å². The Morgan fingerprint density at radius 3 is 2.31 bits per heavy atom. The number of alkyl halides is 6. The van der Waals surface area contributed by atoms with Crippen molar-refractivity contribution in [1.29, 1.82) is 0 Å². The van der Waals surface area contributed by atoms with E-state index in [0.29, 0.717) is 23.2 Å². The molecule has 10 heteroatoms. The Bertz CT molecular complexity index is 1020. The molecule has 0 radical (unpaired) electrons. The normalized spacial score (nSPS) is 21.8. The summed E-state index contributed by atoms with van der Waals surface area (Å²) in [4.78, 5) is 12.9. The summed E-state index contributed by atoms with van der Waals surface area (Å²) in [7, 11) is 0. The molecule has 0 saturated carbocycles. The van der Waals surface area contributed by atoms with E-state index in [1.807, 2.05) is 6.07 Å². The van der Waals surface area contributed by atoms with E-state index in [-0.39, 0.29) is 12.3 Å². The molecule has 1 heterocycles. The zero-order valence-corrected chi connectivity index (χ0v) is 16.8. The van der Waals surface area contributed by atoms with Crippen molar-refractivity contribution < 1.29 is 40.6 Å². The van der Waals surface area contributed by atoms with Gasteiger partial charge < -0.3 is 14.8 Å². The predicted octanol–water partition coefficient (Wildman–Crippen LogP) is 4.71. The largest absolute Gasteiger partial charge is 0.453 e. The molecular formula is C22H19F6NO3. The Labute approximate surface area is 179 Å². The fourth-order valence-electron chi connectivity index (χ4n) is 4.38. The fourth-order valence-corrected chi connectivity index (χ4v) is 4.38. The topological polar surface area (TPSA) is 47.6 Å². The number of hydrogen-bond donors (Lipinski definition) is 1. The number of halogens is 6. The lowest BCUT2D eigenvalue weighted by molar-refractivity contribution is -0.443. The molecule has 4 rings (SSSR count). The number of carbonyl (C=O) groups excluding carboxylic acids is 1. The Hall–Kier alpha value is -2.59. The van der Waals surface area contributed by atoms with Gasteiger partial charge in [-0.3, -0.25) is 4.79 Å². The summed E-state index contributed by atoms with van der Waals surface area (Å²) in [5, 5.41) is 2.75. The number of benzene rings is 2. The molecule has 2 aromatic carbocycles. The SMILES string of the molecule is CCNC(=O)C1c2ccccc2-c2cccc(CC3COC(C(F)(F)F)(C(F)(F)F)O3)c21. The maximum Gasteiger partial charge on any atom is 0.453 e. The molecule has 0 bridgehead atoms. The molecule has 1 N–H and O–H groups in total. The molecule has 172 valence electrons. The number of rotatable bonds is 4. The first-order chi connectivity index (χ1) is 15.0. The third kappa shape index (κ3) is 3.45. The lowest BCUT2D eigenvalue weighted by atomic mass is 9.90. The average Bonchev–Trinajstić information content (AvgIpc) is 3.29. The van der Waals surface area contributed by atoms with Crippen LogP contribution in [0.4, 0.5) is 26.3 Å². The van der Waals surface area contributed by atoms with E-state index in [2.05, 4.69) is 14.8 Å². The molecule has 1 saturated heterocycles. The minimum Gasteiger partial charge on any atom is -0.356 e. The Balaban J connectivity index is 1.71. The van der Waals surface area contributed by atoms with Crippen LogP contribution < -0.4 is 5.32 Å². The first-order valence-electron chi connectivity index (χ1n) is 9.94. The molecule has 2 aromatic rings. The van der Waals surface area contributed by atoms with Crippen molar-refractivity contribution in [2.75, 3.05) is 13.2 Å².